The predicted molar refractivity (Wildman–Crippen MR) is 138 cm³/mol. The third-order valence-corrected chi connectivity index (χ3v) is 6.50. The zero-order valence-corrected chi connectivity index (χ0v) is 19.3. The maximum absolute atomic E-state index is 14.4. The van der Waals surface area contributed by atoms with Crippen molar-refractivity contribution in [1.29, 1.82) is 0 Å². The van der Waals surface area contributed by atoms with E-state index in [-0.39, 0.29) is 17.4 Å². The molecule has 4 aromatic carbocycles. The standard InChI is InChI=1S/C31H25NO3/c1-21-16-18-24(19-17-21)32-28(23-12-6-3-7-13-23)20-27(22-10-4-2-5-11-22)29(30(32)33)25-14-8-9-15-26(25)31(34)35/h2-20,27,29H,1H3,(H,34,35)/t27-,29-/m1/s1. The highest BCUT2D eigenvalue weighted by molar-refractivity contribution is 6.12. The van der Waals surface area contributed by atoms with Crippen molar-refractivity contribution in [3.8, 4) is 0 Å². The second-order valence-electron chi connectivity index (χ2n) is 8.73. The van der Waals surface area contributed by atoms with Gasteiger partial charge in [0.1, 0.15) is 0 Å². The van der Waals surface area contributed by atoms with E-state index in [1.807, 2.05) is 91.9 Å². The van der Waals surface area contributed by atoms with E-state index >= 15 is 0 Å². The minimum Gasteiger partial charge on any atom is -0.478 e. The summed E-state index contributed by atoms with van der Waals surface area (Å²) in [5.74, 6) is -2.22. The van der Waals surface area contributed by atoms with Gasteiger partial charge in [0.15, 0.2) is 0 Å². The van der Waals surface area contributed by atoms with Crippen molar-refractivity contribution in [2.75, 3.05) is 4.90 Å². The largest absolute Gasteiger partial charge is 0.478 e. The molecule has 1 N–H and O–H groups in total. The van der Waals surface area contributed by atoms with E-state index in [9.17, 15) is 14.7 Å². The zero-order chi connectivity index (χ0) is 24.4. The minimum atomic E-state index is -1.04. The number of allylic oxidation sites excluding steroid dienone is 1. The molecule has 4 aromatic rings. The molecular weight excluding hydrogens is 434 g/mol. The number of carbonyl (C=O) groups is 2. The van der Waals surface area contributed by atoms with Crippen LogP contribution in [0.5, 0.6) is 0 Å². The lowest BCUT2D eigenvalue weighted by Gasteiger charge is -2.38. The maximum atomic E-state index is 14.4. The van der Waals surface area contributed by atoms with E-state index in [2.05, 4.69) is 6.08 Å². The SMILES string of the molecule is Cc1ccc(N2C(=O)[C@H](c3ccccc3C(=O)O)[C@@H](c3ccccc3)C=C2c2ccccc2)cc1. The van der Waals surface area contributed by atoms with Gasteiger partial charge in [-0.2, -0.15) is 0 Å². The fourth-order valence-corrected chi connectivity index (χ4v) is 4.80. The van der Waals surface area contributed by atoms with Crippen LogP contribution in [0.2, 0.25) is 0 Å². The molecule has 0 aromatic heterocycles. The van der Waals surface area contributed by atoms with Crippen LogP contribution in [0.1, 0.15) is 44.4 Å². The number of aromatic carboxylic acids is 1. The van der Waals surface area contributed by atoms with Crippen LogP contribution < -0.4 is 4.90 Å². The van der Waals surface area contributed by atoms with Gasteiger partial charge in [-0.1, -0.05) is 103 Å². The molecule has 0 radical (unpaired) electrons. The Balaban J connectivity index is 1.78. The van der Waals surface area contributed by atoms with Crippen molar-refractivity contribution in [1.82, 2.24) is 0 Å². The molecular formula is C31H25NO3. The summed E-state index contributed by atoms with van der Waals surface area (Å²) in [6.45, 7) is 2.01. The normalized spacial score (nSPS) is 17.7. The van der Waals surface area contributed by atoms with E-state index in [1.165, 1.54) is 0 Å². The molecule has 2 atom stereocenters. The van der Waals surface area contributed by atoms with Gasteiger partial charge in [-0.05, 0) is 41.8 Å². The Morgan fingerprint density at radius 2 is 1.37 bits per heavy atom. The predicted octanol–water partition coefficient (Wildman–Crippen LogP) is 6.65. The van der Waals surface area contributed by atoms with Gasteiger partial charge in [0.05, 0.1) is 17.2 Å². The monoisotopic (exact) mass is 459 g/mol. The molecule has 1 heterocycles. The third kappa shape index (κ3) is 4.26. The Bertz CT molecular complexity index is 1390. The molecule has 4 nitrogen and oxygen atoms in total. The highest BCUT2D eigenvalue weighted by Gasteiger charge is 2.41. The number of anilines is 1. The molecule has 35 heavy (non-hydrogen) atoms. The number of hydrogen-bond acceptors (Lipinski definition) is 2. The van der Waals surface area contributed by atoms with Crippen LogP contribution in [0.4, 0.5) is 5.69 Å². The Hall–Kier alpha value is -4.44. The second kappa shape index (κ2) is 9.43. The fourth-order valence-electron chi connectivity index (χ4n) is 4.80. The van der Waals surface area contributed by atoms with E-state index in [0.29, 0.717) is 5.56 Å². The van der Waals surface area contributed by atoms with Crippen molar-refractivity contribution in [2.24, 2.45) is 0 Å². The van der Waals surface area contributed by atoms with E-state index in [1.54, 1.807) is 29.2 Å². The number of nitrogens with zero attached hydrogens (tertiary/aromatic N) is 1. The lowest BCUT2D eigenvalue weighted by molar-refractivity contribution is -0.119. The summed E-state index contributed by atoms with van der Waals surface area (Å²) in [6.07, 6.45) is 2.11. The molecule has 0 fully saturated rings. The van der Waals surface area contributed by atoms with Gasteiger partial charge in [-0.3, -0.25) is 9.69 Å². The third-order valence-electron chi connectivity index (χ3n) is 6.50. The molecule has 0 spiro atoms. The van der Waals surface area contributed by atoms with Crippen LogP contribution in [-0.4, -0.2) is 17.0 Å². The van der Waals surface area contributed by atoms with Gasteiger partial charge in [0.2, 0.25) is 5.91 Å². The van der Waals surface area contributed by atoms with Crippen LogP contribution in [0, 0.1) is 6.92 Å². The summed E-state index contributed by atoms with van der Waals surface area (Å²) in [7, 11) is 0. The maximum Gasteiger partial charge on any atom is 0.335 e. The van der Waals surface area contributed by atoms with Crippen LogP contribution in [0.25, 0.3) is 5.70 Å². The summed E-state index contributed by atoms with van der Waals surface area (Å²) in [4.78, 5) is 28.3. The number of amides is 1. The van der Waals surface area contributed by atoms with Crippen molar-refractivity contribution in [2.45, 2.75) is 18.8 Å². The lowest BCUT2D eigenvalue weighted by atomic mass is 9.75. The number of carboxylic acids is 1. The van der Waals surface area contributed by atoms with E-state index in [4.69, 9.17) is 0 Å². The zero-order valence-electron chi connectivity index (χ0n) is 19.3. The van der Waals surface area contributed by atoms with Gasteiger partial charge < -0.3 is 5.11 Å². The quantitative estimate of drug-likeness (QED) is 0.364. The first-order valence-corrected chi connectivity index (χ1v) is 11.6. The van der Waals surface area contributed by atoms with Gasteiger partial charge in [-0.25, -0.2) is 4.79 Å². The van der Waals surface area contributed by atoms with Crippen molar-refractivity contribution in [3.05, 3.63) is 143 Å². The number of carbonyl (C=O) groups excluding carboxylic acids is 1. The van der Waals surface area contributed by atoms with Gasteiger partial charge in [0, 0.05) is 11.6 Å². The van der Waals surface area contributed by atoms with Crippen molar-refractivity contribution in [3.63, 3.8) is 0 Å². The molecule has 0 bridgehead atoms. The number of aryl methyl sites for hydroxylation is 1. The molecule has 1 aliphatic rings. The van der Waals surface area contributed by atoms with Crippen molar-refractivity contribution < 1.29 is 14.7 Å². The van der Waals surface area contributed by atoms with E-state index < -0.39 is 11.9 Å². The summed E-state index contributed by atoms with van der Waals surface area (Å²) >= 11 is 0. The van der Waals surface area contributed by atoms with Crippen LogP contribution >= 0.6 is 0 Å². The minimum absolute atomic E-state index is 0.146. The Labute approximate surface area is 204 Å². The average Bonchev–Trinajstić information content (AvgIpc) is 2.90. The molecule has 0 saturated heterocycles. The van der Waals surface area contributed by atoms with Gasteiger partial charge in [-0.15, -0.1) is 0 Å². The molecule has 4 heteroatoms. The Morgan fingerprint density at radius 1 is 0.771 bits per heavy atom. The number of hydrogen-bond donors (Lipinski definition) is 1. The van der Waals surface area contributed by atoms with Gasteiger partial charge in [0.25, 0.3) is 0 Å². The second-order valence-corrected chi connectivity index (χ2v) is 8.73. The number of carboxylic acid groups (broad SMARTS) is 1. The first-order chi connectivity index (χ1) is 17.0. The summed E-state index contributed by atoms with van der Waals surface area (Å²) < 4.78 is 0. The summed E-state index contributed by atoms with van der Waals surface area (Å²) in [6, 6.07) is 34.3. The molecule has 0 saturated carbocycles. The van der Waals surface area contributed by atoms with Crippen LogP contribution in [0.3, 0.4) is 0 Å². The average molecular weight is 460 g/mol. The molecule has 1 aliphatic heterocycles. The Morgan fingerprint density at radius 3 is 2.03 bits per heavy atom. The first-order valence-electron chi connectivity index (χ1n) is 11.6. The molecule has 0 unspecified atom stereocenters. The Kier molecular flexibility index (Phi) is 6.02. The van der Waals surface area contributed by atoms with E-state index in [0.717, 1.165) is 28.1 Å². The van der Waals surface area contributed by atoms with Crippen LogP contribution in [0.15, 0.2) is 115 Å². The molecule has 172 valence electrons. The molecule has 5 rings (SSSR count). The first kappa shape index (κ1) is 22.4. The van der Waals surface area contributed by atoms with Crippen LogP contribution in [-0.2, 0) is 4.79 Å². The molecule has 0 aliphatic carbocycles. The molecule has 1 amide bonds. The fraction of sp³-hybridized carbons (Fsp3) is 0.0968. The lowest BCUT2D eigenvalue weighted by Crippen LogP contribution is -2.40. The summed E-state index contributed by atoms with van der Waals surface area (Å²) in [5.41, 5.74) is 5.18. The highest BCUT2D eigenvalue weighted by atomic mass is 16.4. The van der Waals surface area contributed by atoms with Gasteiger partial charge >= 0.3 is 5.97 Å². The summed E-state index contributed by atoms with van der Waals surface area (Å²) in [5, 5.41) is 9.94. The van der Waals surface area contributed by atoms with Crippen molar-refractivity contribution >= 4 is 23.3 Å². The highest BCUT2D eigenvalue weighted by Crippen LogP contribution is 2.45. The topological polar surface area (TPSA) is 57.6 Å². The smallest absolute Gasteiger partial charge is 0.335 e. The number of rotatable bonds is 5. The number of benzene rings is 4.